The predicted molar refractivity (Wildman–Crippen MR) is 52.6 cm³/mol. The van der Waals surface area contributed by atoms with Crippen molar-refractivity contribution in [3.05, 3.63) is 30.0 Å². The molecule has 0 unspecified atom stereocenters. The summed E-state index contributed by atoms with van der Waals surface area (Å²) >= 11 is 3.37. The second-order valence-corrected chi connectivity index (χ2v) is 3.34. The Morgan fingerprint density at radius 2 is 2.42 bits per heavy atom. The van der Waals surface area contributed by atoms with E-state index in [9.17, 15) is 0 Å². The number of allylic oxidation sites excluding steroid dienone is 1. The van der Waals surface area contributed by atoms with Crippen molar-refractivity contribution in [1.29, 1.82) is 0 Å². The molecule has 0 saturated carbocycles. The molecule has 0 spiro atoms. The Morgan fingerprint density at radius 3 is 3.00 bits per heavy atom. The first-order chi connectivity index (χ1) is 5.77. The van der Waals surface area contributed by atoms with Gasteiger partial charge < -0.3 is 4.42 Å². The van der Waals surface area contributed by atoms with Crippen molar-refractivity contribution in [2.45, 2.75) is 19.8 Å². The van der Waals surface area contributed by atoms with Crippen LogP contribution >= 0.6 is 15.9 Å². The SMILES string of the molecule is C=CCc1nc(CCBr)c(C)o1. The first-order valence-corrected chi connectivity index (χ1v) is 5.02. The highest BCUT2D eigenvalue weighted by atomic mass is 79.9. The molecule has 0 amide bonds. The van der Waals surface area contributed by atoms with Gasteiger partial charge in [-0.25, -0.2) is 4.98 Å². The van der Waals surface area contributed by atoms with E-state index < -0.39 is 0 Å². The minimum absolute atomic E-state index is 0.711. The van der Waals surface area contributed by atoms with Crippen LogP contribution in [0.3, 0.4) is 0 Å². The normalized spacial score (nSPS) is 10.2. The summed E-state index contributed by atoms with van der Waals surface area (Å²) in [5, 5.41) is 0.925. The standard InChI is InChI=1S/C9H12BrNO/c1-3-4-9-11-8(5-6-10)7(2)12-9/h3H,1,4-6H2,2H3. The molecule has 1 aromatic heterocycles. The number of alkyl halides is 1. The smallest absolute Gasteiger partial charge is 0.198 e. The van der Waals surface area contributed by atoms with Crippen molar-refractivity contribution in [3.63, 3.8) is 0 Å². The van der Waals surface area contributed by atoms with Gasteiger partial charge in [-0.3, -0.25) is 0 Å². The summed E-state index contributed by atoms with van der Waals surface area (Å²) in [6.07, 6.45) is 3.43. The van der Waals surface area contributed by atoms with Crippen LogP contribution in [0.25, 0.3) is 0 Å². The fourth-order valence-corrected chi connectivity index (χ4v) is 1.40. The molecule has 0 aliphatic rings. The molecule has 0 atom stereocenters. The van der Waals surface area contributed by atoms with Crippen molar-refractivity contribution in [3.8, 4) is 0 Å². The van der Waals surface area contributed by atoms with Crippen molar-refractivity contribution >= 4 is 15.9 Å². The van der Waals surface area contributed by atoms with Gasteiger partial charge in [-0.05, 0) is 6.92 Å². The van der Waals surface area contributed by atoms with E-state index in [-0.39, 0.29) is 0 Å². The zero-order valence-electron chi connectivity index (χ0n) is 7.14. The molecule has 0 N–H and O–H groups in total. The van der Waals surface area contributed by atoms with Crippen LogP contribution in [0.2, 0.25) is 0 Å². The van der Waals surface area contributed by atoms with E-state index >= 15 is 0 Å². The zero-order chi connectivity index (χ0) is 8.97. The third-order valence-corrected chi connectivity index (χ3v) is 1.98. The second-order valence-electron chi connectivity index (χ2n) is 2.54. The third kappa shape index (κ3) is 2.21. The molecule has 0 aromatic carbocycles. The monoisotopic (exact) mass is 229 g/mol. The Bertz CT molecular complexity index is 267. The largest absolute Gasteiger partial charge is 0.445 e. The molecule has 66 valence electrons. The molecule has 0 aliphatic carbocycles. The Morgan fingerprint density at radius 1 is 1.67 bits per heavy atom. The third-order valence-electron chi connectivity index (χ3n) is 1.59. The number of nitrogens with zero attached hydrogens (tertiary/aromatic N) is 1. The molecular weight excluding hydrogens is 218 g/mol. The maximum absolute atomic E-state index is 5.40. The number of rotatable bonds is 4. The molecular formula is C9H12BrNO. The quantitative estimate of drug-likeness (QED) is 0.587. The summed E-state index contributed by atoms with van der Waals surface area (Å²) < 4.78 is 5.40. The van der Waals surface area contributed by atoms with Crippen LogP contribution < -0.4 is 0 Å². The van der Waals surface area contributed by atoms with E-state index in [1.807, 2.05) is 6.92 Å². The van der Waals surface area contributed by atoms with Gasteiger partial charge in [0.15, 0.2) is 5.89 Å². The fourth-order valence-electron chi connectivity index (χ4n) is 1.02. The summed E-state index contributed by atoms with van der Waals surface area (Å²) in [4.78, 5) is 4.32. The zero-order valence-corrected chi connectivity index (χ0v) is 8.73. The lowest BCUT2D eigenvalue weighted by atomic mass is 10.3. The molecule has 0 bridgehead atoms. The van der Waals surface area contributed by atoms with E-state index in [1.165, 1.54) is 0 Å². The number of oxazole rings is 1. The lowest BCUT2D eigenvalue weighted by Gasteiger charge is -1.88. The number of hydrogen-bond acceptors (Lipinski definition) is 2. The average Bonchev–Trinajstić information content (AvgIpc) is 2.34. The Hall–Kier alpha value is -0.570. The lowest BCUT2D eigenvalue weighted by Crippen LogP contribution is -1.88. The molecule has 12 heavy (non-hydrogen) atoms. The van der Waals surface area contributed by atoms with E-state index in [2.05, 4.69) is 27.5 Å². The second kappa shape index (κ2) is 4.45. The maximum atomic E-state index is 5.40. The molecule has 3 heteroatoms. The number of aromatic nitrogens is 1. The van der Waals surface area contributed by atoms with Gasteiger partial charge in [0.1, 0.15) is 5.76 Å². The van der Waals surface area contributed by atoms with Crippen LogP contribution in [0, 0.1) is 6.92 Å². The van der Waals surface area contributed by atoms with Crippen molar-refractivity contribution in [1.82, 2.24) is 4.98 Å². The van der Waals surface area contributed by atoms with Gasteiger partial charge in [0.2, 0.25) is 0 Å². The first kappa shape index (κ1) is 9.52. The fraction of sp³-hybridized carbons (Fsp3) is 0.444. The predicted octanol–water partition coefficient (Wildman–Crippen LogP) is 2.65. The molecule has 1 aromatic rings. The van der Waals surface area contributed by atoms with E-state index in [0.717, 1.165) is 29.1 Å². The van der Waals surface area contributed by atoms with Crippen molar-refractivity contribution in [2.24, 2.45) is 0 Å². The minimum atomic E-state index is 0.711. The van der Waals surface area contributed by atoms with Gasteiger partial charge in [-0.2, -0.15) is 0 Å². The van der Waals surface area contributed by atoms with Gasteiger partial charge in [0.05, 0.1) is 5.69 Å². The number of halogens is 1. The van der Waals surface area contributed by atoms with Crippen LogP contribution in [0.15, 0.2) is 17.1 Å². The van der Waals surface area contributed by atoms with Gasteiger partial charge in [-0.1, -0.05) is 22.0 Å². The highest BCUT2D eigenvalue weighted by molar-refractivity contribution is 9.09. The van der Waals surface area contributed by atoms with Crippen LogP contribution in [0.1, 0.15) is 17.3 Å². The molecule has 0 saturated heterocycles. The highest BCUT2D eigenvalue weighted by Crippen LogP contribution is 2.11. The first-order valence-electron chi connectivity index (χ1n) is 3.90. The van der Waals surface area contributed by atoms with Crippen LogP contribution in [0.5, 0.6) is 0 Å². The number of hydrogen-bond donors (Lipinski definition) is 0. The molecule has 0 fully saturated rings. The van der Waals surface area contributed by atoms with Crippen LogP contribution in [-0.2, 0) is 12.8 Å². The summed E-state index contributed by atoms with van der Waals surface area (Å²) in [6, 6.07) is 0. The van der Waals surface area contributed by atoms with E-state index in [0.29, 0.717) is 6.42 Å². The molecule has 1 heterocycles. The summed E-state index contributed by atoms with van der Waals surface area (Å²) in [5.41, 5.74) is 1.05. The van der Waals surface area contributed by atoms with Crippen molar-refractivity contribution < 1.29 is 4.42 Å². The maximum Gasteiger partial charge on any atom is 0.198 e. The number of aryl methyl sites for hydroxylation is 2. The summed E-state index contributed by atoms with van der Waals surface area (Å²) in [5.74, 6) is 1.68. The average molecular weight is 230 g/mol. The van der Waals surface area contributed by atoms with Gasteiger partial charge >= 0.3 is 0 Å². The topological polar surface area (TPSA) is 26.0 Å². The Balaban J connectivity index is 2.77. The highest BCUT2D eigenvalue weighted by Gasteiger charge is 2.06. The van der Waals surface area contributed by atoms with Gasteiger partial charge in [0.25, 0.3) is 0 Å². The Labute approximate surface area is 80.8 Å². The molecule has 0 radical (unpaired) electrons. The van der Waals surface area contributed by atoms with Gasteiger partial charge in [-0.15, -0.1) is 6.58 Å². The minimum Gasteiger partial charge on any atom is -0.445 e. The van der Waals surface area contributed by atoms with E-state index in [4.69, 9.17) is 4.42 Å². The molecule has 1 rings (SSSR count). The van der Waals surface area contributed by atoms with Crippen LogP contribution in [-0.4, -0.2) is 10.3 Å². The Kier molecular flexibility index (Phi) is 3.53. The summed E-state index contributed by atoms with van der Waals surface area (Å²) in [6.45, 7) is 5.57. The van der Waals surface area contributed by atoms with E-state index in [1.54, 1.807) is 6.08 Å². The summed E-state index contributed by atoms with van der Waals surface area (Å²) in [7, 11) is 0. The molecule has 2 nitrogen and oxygen atoms in total. The molecule has 0 aliphatic heterocycles. The van der Waals surface area contributed by atoms with Crippen LogP contribution in [0.4, 0.5) is 0 Å². The van der Waals surface area contributed by atoms with Crippen molar-refractivity contribution in [2.75, 3.05) is 5.33 Å². The lowest BCUT2D eigenvalue weighted by molar-refractivity contribution is 0.482. The van der Waals surface area contributed by atoms with Gasteiger partial charge in [0, 0.05) is 18.2 Å².